The quantitative estimate of drug-likeness (QED) is 0.504. The van der Waals surface area contributed by atoms with E-state index >= 15 is 0 Å². The van der Waals surface area contributed by atoms with E-state index in [1.807, 2.05) is 0 Å². The van der Waals surface area contributed by atoms with Gasteiger partial charge in [-0.3, -0.25) is 0 Å². The van der Waals surface area contributed by atoms with E-state index in [0.717, 1.165) is 0 Å². The van der Waals surface area contributed by atoms with Crippen LogP contribution < -0.4 is 0 Å². The van der Waals surface area contributed by atoms with Crippen molar-refractivity contribution in [3.8, 4) is 0 Å². The normalized spacial score (nSPS) is 13.5. The highest BCUT2D eigenvalue weighted by Gasteiger charge is 2.56. The van der Waals surface area contributed by atoms with Crippen molar-refractivity contribution in [2.24, 2.45) is 0 Å². The van der Waals surface area contributed by atoms with Crippen molar-refractivity contribution >= 4 is 11.8 Å². The number of rotatable bonds is 4. The molecule has 1 radical (unpaired) electrons. The lowest BCUT2D eigenvalue weighted by atomic mass is 10.4. The lowest BCUT2D eigenvalue weighted by Crippen LogP contribution is -2.38. The average Bonchev–Trinajstić information content (AvgIpc) is 1.85. The molecule has 0 rings (SSSR count). The van der Waals surface area contributed by atoms with Crippen LogP contribution >= 0.6 is 11.8 Å². The molecule has 0 aliphatic rings. The molecule has 0 aliphatic heterocycles. The largest absolute Gasteiger partial charge is 0.454 e. The van der Waals surface area contributed by atoms with Gasteiger partial charge in [-0.05, 0) is 12.2 Å². The van der Waals surface area contributed by atoms with E-state index in [9.17, 15) is 22.0 Å². The highest BCUT2D eigenvalue weighted by Crippen LogP contribution is 2.37. The van der Waals surface area contributed by atoms with Crippen LogP contribution in [0, 0.1) is 6.92 Å². The van der Waals surface area contributed by atoms with E-state index < -0.39 is 17.9 Å². The van der Waals surface area contributed by atoms with Crippen molar-refractivity contribution < 1.29 is 22.0 Å². The third kappa shape index (κ3) is 3.60. The standard InChI is InChI=1S/C6H8F5S/c1-2-3-12-4-5(7,8)6(9,10)11/h1-4H2. The summed E-state index contributed by atoms with van der Waals surface area (Å²) in [5.41, 5.74) is 0. The minimum Gasteiger partial charge on any atom is -0.195 e. The van der Waals surface area contributed by atoms with Gasteiger partial charge < -0.3 is 0 Å². The Hall–Kier alpha value is -0.0000000000000000555. The second kappa shape index (κ2) is 4.30. The van der Waals surface area contributed by atoms with Gasteiger partial charge in [0.2, 0.25) is 0 Å². The highest BCUT2D eigenvalue weighted by molar-refractivity contribution is 7.99. The van der Waals surface area contributed by atoms with Crippen LogP contribution in [0.2, 0.25) is 0 Å². The third-order valence-electron chi connectivity index (χ3n) is 0.987. The van der Waals surface area contributed by atoms with Crippen LogP contribution in [0.15, 0.2) is 0 Å². The number of thioether (sulfide) groups is 1. The molecule has 0 heterocycles. The Kier molecular flexibility index (Phi) is 4.30. The Morgan fingerprint density at radius 1 is 1.08 bits per heavy atom. The van der Waals surface area contributed by atoms with Gasteiger partial charge in [0.05, 0.1) is 5.75 Å². The molecule has 73 valence electrons. The van der Waals surface area contributed by atoms with Gasteiger partial charge in [0, 0.05) is 0 Å². The lowest BCUT2D eigenvalue weighted by Gasteiger charge is -2.18. The summed E-state index contributed by atoms with van der Waals surface area (Å²) in [6.45, 7) is 3.32. The van der Waals surface area contributed by atoms with Gasteiger partial charge in [-0.25, -0.2) is 0 Å². The lowest BCUT2D eigenvalue weighted by molar-refractivity contribution is -0.271. The van der Waals surface area contributed by atoms with Crippen LogP contribution in [-0.4, -0.2) is 23.6 Å². The molecule has 0 saturated heterocycles. The van der Waals surface area contributed by atoms with Crippen molar-refractivity contribution in [3.63, 3.8) is 0 Å². The monoisotopic (exact) mass is 207 g/mol. The van der Waals surface area contributed by atoms with Gasteiger partial charge in [0.25, 0.3) is 0 Å². The zero-order valence-corrected chi connectivity index (χ0v) is 6.94. The van der Waals surface area contributed by atoms with Crippen molar-refractivity contribution in [1.82, 2.24) is 0 Å². The molecule has 0 fully saturated rings. The maximum Gasteiger partial charge on any atom is 0.454 e. The molecule has 0 aliphatic carbocycles. The molecule has 0 aromatic heterocycles. The fraction of sp³-hybridized carbons (Fsp3) is 0.833. The van der Waals surface area contributed by atoms with E-state index in [0.29, 0.717) is 18.2 Å². The molecular formula is C6H8F5S. The molecule has 0 aromatic carbocycles. The molecule has 0 amide bonds. The van der Waals surface area contributed by atoms with Gasteiger partial charge in [-0.2, -0.15) is 33.7 Å². The van der Waals surface area contributed by atoms with E-state index in [1.54, 1.807) is 0 Å². The van der Waals surface area contributed by atoms with Crippen molar-refractivity contribution in [1.29, 1.82) is 0 Å². The first-order chi connectivity index (χ1) is 5.31. The fourth-order valence-electron chi connectivity index (χ4n) is 0.384. The molecule has 6 heteroatoms. The summed E-state index contributed by atoms with van der Waals surface area (Å²) in [6, 6.07) is 0. The number of alkyl halides is 5. The summed E-state index contributed by atoms with van der Waals surface area (Å²) >= 11 is 0.555. The van der Waals surface area contributed by atoms with Crippen LogP contribution in [0.5, 0.6) is 0 Å². The molecule has 0 N–H and O–H groups in total. The second-order valence-electron chi connectivity index (χ2n) is 2.11. The average molecular weight is 207 g/mol. The molecule has 0 saturated carbocycles. The molecule has 0 nitrogen and oxygen atoms in total. The third-order valence-corrected chi connectivity index (χ3v) is 2.13. The Bertz CT molecular complexity index is 130. The zero-order valence-electron chi connectivity index (χ0n) is 6.13. The first-order valence-electron chi connectivity index (χ1n) is 3.13. The molecule has 0 bridgehead atoms. The predicted molar refractivity (Wildman–Crippen MR) is 38.3 cm³/mol. The Balaban J connectivity index is 3.88. The van der Waals surface area contributed by atoms with E-state index in [2.05, 4.69) is 6.92 Å². The van der Waals surface area contributed by atoms with Crippen LogP contribution in [0.4, 0.5) is 22.0 Å². The predicted octanol–water partition coefficient (Wildman–Crippen LogP) is 3.14. The van der Waals surface area contributed by atoms with Crippen molar-refractivity contribution in [2.75, 3.05) is 11.5 Å². The minimum atomic E-state index is -5.43. The fourth-order valence-corrected chi connectivity index (χ4v) is 1.15. The molecule has 0 aromatic rings. The Morgan fingerprint density at radius 2 is 1.58 bits per heavy atom. The first-order valence-corrected chi connectivity index (χ1v) is 4.28. The second-order valence-corrected chi connectivity index (χ2v) is 3.21. The highest BCUT2D eigenvalue weighted by atomic mass is 32.2. The van der Waals surface area contributed by atoms with Crippen molar-refractivity contribution in [2.45, 2.75) is 18.5 Å². The van der Waals surface area contributed by atoms with Gasteiger partial charge in [0.1, 0.15) is 0 Å². The summed E-state index contributed by atoms with van der Waals surface area (Å²) in [7, 11) is 0. The van der Waals surface area contributed by atoms with E-state index in [1.165, 1.54) is 0 Å². The molecular weight excluding hydrogens is 199 g/mol. The minimum absolute atomic E-state index is 0.214. The van der Waals surface area contributed by atoms with Crippen LogP contribution in [-0.2, 0) is 0 Å². The maximum absolute atomic E-state index is 12.1. The summed E-state index contributed by atoms with van der Waals surface area (Å²) in [5.74, 6) is -5.58. The van der Waals surface area contributed by atoms with Crippen LogP contribution in [0.25, 0.3) is 0 Å². The van der Waals surface area contributed by atoms with Gasteiger partial charge >= 0.3 is 12.1 Å². The summed E-state index contributed by atoms with van der Waals surface area (Å²) < 4.78 is 58.6. The molecule has 12 heavy (non-hydrogen) atoms. The Labute approximate surface area is 71.5 Å². The number of hydrogen-bond acceptors (Lipinski definition) is 1. The first kappa shape index (κ1) is 12.0. The van der Waals surface area contributed by atoms with Gasteiger partial charge in [-0.1, -0.05) is 6.92 Å². The molecule has 0 spiro atoms. The number of hydrogen-bond donors (Lipinski definition) is 0. The summed E-state index contributed by atoms with van der Waals surface area (Å²) in [6.07, 6.45) is -5.08. The zero-order chi connectivity index (χ0) is 9.83. The summed E-state index contributed by atoms with van der Waals surface area (Å²) in [5, 5.41) is 0. The smallest absolute Gasteiger partial charge is 0.195 e. The topological polar surface area (TPSA) is 0 Å². The van der Waals surface area contributed by atoms with Crippen LogP contribution in [0.1, 0.15) is 6.42 Å². The van der Waals surface area contributed by atoms with Gasteiger partial charge in [0.15, 0.2) is 0 Å². The van der Waals surface area contributed by atoms with Crippen LogP contribution in [0.3, 0.4) is 0 Å². The van der Waals surface area contributed by atoms with E-state index in [-0.39, 0.29) is 5.75 Å². The Morgan fingerprint density at radius 3 is 1.92 bits per heavy atom. The maximum atomic E-state index is 12.1. The molecule has 0 unspecified atom stereocenters. The van der Waals surface area contributed by atoms with Gasteiger partial charge in [-0.15, -0.1) is 0 Å². The summed E-state index contributed by atoms with van der Waals surface area (Å²) in [4.78, 5) is 0. The SMILES string of the molecule is [CH2]CCSCC(F)(F)C(F)(F)F. The molecule has 0 atom stereocenters. The number of halogens is 5. The van der Waals surface area contributed by atoms with E-state index in [4.69, 9.17) is 0 Å². The van der Waals surface area contributed by atoms with Crippen molar-refractivity contribution in [3.05, 3.63) is 6.92 Å².